The lowest BCUT2D eigenvalue weighted by Crippen LogP contribution is -2.41. The summed E-state index contributed by atoms with van der Waals surface area (Å²) in [5.41, 5.74) is 1.96. The minimum absolute atomic E-state index is 0.623. The standard InChI is InChI=1S/C14H21N3.C2H6/c1-16-9-4-14(12-16)5-10-17(11-6-14)13-2-7-15-8-3-13;1-2/h2-3,7-8H,4-6,9-12H2,1H3;1-2H3. The van der Waals surface area contributed by atoms with Crippen molar-refractivity contribution in [2.75, 3.05) is 38.1 Å². The fourth-order valence-corrected chi connectivity index (χ4v) is 3.36. The summed E-state index contributed by atoms with van der Waals surface area (Å²) in [7, 11) is 2.25. The first kappa shape index (κ1) is 14.3. The summed E-state index contributed by atoms with van der Waals surface area (Å²) in [6.45, 7) is 9.00. The molecule has 2 aliphatic heterocycles. The number of hydrogen-bond acceptors (Lipinski definition) is 3. The summed E-state index contributed by atoms with van der Waals surface area (Å²) >= 11 is 0. The lowest BCUT2D eigenvalue weighted by molar-refractivity contribution is 0.222. The number of hydrogen-bond donors (Lipinski definition) is 0. The molecule has 2 fully saturated rings. The number of pyridine rings is 1. The molecule has 0 bridgehead atoms. The Hall–Kier alpha value is -1.09. The summed E-state index contributed by atoms with van der Waals surface area (Å²) in [5.74, 6) is 0. The second kappa shape index (κ2) is 6.38. The fraction of sp³-hybridized carbons (Fsp3) is 0.688. The third-order valence-electron chi connectivity index (χ3n) is 4.48. The monoisotopic (exact) mass is 261 g/mol. The van der Waals surface area contributed by atoms with Crippen molar-refractivity contribution in [1.82, 2.24) is 9.88 Å². The van der Waals surface area contributed by atoms with E-state index in [2.05, 4.69) is 34.0 Å². The smallest absolute Gasteiger partial charge is 0.0397 e. The van der Waals surface area contributed by atoms with E-state index >= 15 is 0 Å². The van der Waals surface area contributed by atoms with Gasteiger partial charge in [-0.15, -0.1) is 0 Å². The highest BCUT2D eigenvalue weighted by Crippen LogP contribution is 2.40. The summed E-state index contributed by atoms with van der Waals surface area (Å²) in [4.78, 5) is 9.08. The van der Waals surface area contributed by atoms with Gasteiger partial charge in [0.25, 0.3) is 0 Å². The van der Waals surface area contributed by atoms with Crippen LogP contribution in [0.25, 0.3) is 0 Å². The van der Waals surface area contributed by atoms with Gasteiger partial charge in [-0.25, -0.2) is 0 Å². The zero-order chi connectivity index (χ0) is 13.7. The number of anilines is 1. The Bertz CT molecular complexity index is 369. The van der Waals surface area contributed by atoms with E-state index in [1.807, 2.05) is 26.2 Å². The highest BCUT2D eigenvalue weighted by molar-refractivity contribution is 5.45. The maximum absolute atomic E-state index is 4.09. The number of piperidine rings is 1. The van der Waals surface area contributed by atoms with Crippen molar-refractivity contribution in [3.05, 3.63) is 24.5 Å². The van der Waals surface area contributed by atoms with Crippen molar-refractivity contribution < 1.29 is 0 Å². The fourth-order valence-electron chi connectivity index (χ4n) is 3.36. The first-order valence-corrected chi connectivity index (χ1v) is 7.61. The maximum atomic E-state index is 4.09. The average molecular weight is 261 g/mol. The zero-order valence-corrected chi connectivity index (χ0v) is 12.6. The van der Waals surface area contributed by atoms with Gasteiger partial charge in [0.15, 0.2) is 0 Å². The Labute approximate surface area is 117 Å². The Morgan fingerprint density at radius 2 is 1.58 bits per heavy atom. The van der Waals surface area contributed by atoms with Gasteiger partial charge in [-0.1, -0.05) is 13.8 Å². The van der Waals surface area contributed by atoms with Crippen molar-refractivity contribution in [2.24, 2.45) is 5.41 Å². The topological polar surface area (TPSA) is 19.4 Å². The van der Waals surface area contributed by atoms with E-state index in [0.29, 0.717) is 5.41 Å². The highest BCUT2D eigenvalue weighted by Gasteiger charge is 2.39. The van der Waals surface area contributed by atoms with E-state index in [9.17, 15) is 0 Å². The van der Waals surface area contributed by atoms with Crippen molar-refractivity contribution in [2.45, 2.75) is 33.1 Å². The predicted molar refractivity (Wildman–Crippen MR) is 81.6 cm³/mol. The molecule has 19 heavy (non-hydrogen) atoms. The molecule has 2 saturated heterocycles. The van der Waals surface area contributed by atoms with E-state index in [1.54, 1.807) is 0 Å². The molecule has 3 nitrogen and oxygen atoms in total. The summed E-state index contributed by atoms with van der Waals surface area (Å²) in [5, 5.41) is 0. The first-order valence-electron chi connectivity index (χ1n) is 7.61. The van der Waals surface area contributed by atoms with Crippen LogP contribution in [0.2, 0.25) is 0 Å². The van der Waals surface area contributed by atoms with Gasteiger partial charge >= 0.3 is 0 Å². The van der Waals surface area contributed by atoms with E-state index in [4.69, 9.17) is 0 Å². The largest absolute Gasteiger partial charge is 0.371 e. The Morgan fingerprint density at radius 3 is 2.11 bits per heavy atom. The van der Waals surface area contributed by atoms with E-state index in [1.165, 1.54) is 51.1 Å². The summed E-state index contributed by atoms with van der Waals surface area (Å²) < 4.78 is 0. The molecule has 1 spiro atoms. The zero-order valence-electron chi connectivity index (χ0n) is 12.6. The van der Waals surface area contributed by atoms with Crippen LogP contribution in [-0.4, -0.2) is 43.1 Å². The molecule has 0 atom stereocenters. The SMILES string of the molecule is CC.CN1CCC2(CCN(c3ccncc3)CC2)C1. The minimum atomic E-state index is 0.623. The normalized spacial score (nSPS) is 22.2. The van der Waals surface area contributed by atoms with Crippen LogP contribution in [0, 0.1) is 5.41 Å². The van der Waals surface area contributed by atoms with Crippen LogP contribution in [0.15, 0.2) is 24.5 Å². The van der Waals surface area contributed by atoms with Crippen molar-refractivity contribution >= 4 is 5.69 Å². The van der Waals surface area contributed by atoms with E-state index in [0.717, 1.165) is 0 Å². The minimum Gasteiger partial charge on any atom is -0.371 e. The molecule has 0 unspecified atom stereocenters. The third-order valence-corrected chi connectivity index (χ3v) is 4.48. The van der Waals surface area contributed by atoms with Crippen molar-refractivity contribution in [3.8, 4) is 0 Å². The number of rotatable bonds is 1. The van der Waals surface area contributed by atoms with Gasteiger partial charge in [0.1, 0.15) is 0 Å². The number of likely N-dealkylation sites (tertiary alicyclic amines) is 1. The molecular weight excluding hydrogens is 234 g/mol. The Kier molecular flexibility index (Phi) is 4.81. The molecule has 0 aliphatic carbocycles. The summed E-state index contributed by atoms with van der Waals surface area (Å²) in [6, 6.07) is 4.25. The molecule has 0 saturated carbocycles. The Morgan fingerprint density at radius 1 is 1.00 bits per heavy atom. The van der Waals surface area contributed by atoms with Gasteiger partial charge in [0.05, 0.1) is 0 Å². The second-order valence-electron chi connectivity index (χ2n) is 5.68. The van der Waals surface area contributed by atoms with Crippen molar-refractivity contribution in [1.29, 1.82) is 0 Å². The van der Waals surface area contributed by atoms with Crippen LogP contribution >= 0.6 is 0 Å². The number of nitrogens with zero attached hydrogens (tertiary/aromatic N) is 3. The number of aromatic nitrogens is 1. The molecule has 0 aromatic carbocycles. The third kappa shape index (κ3) is 3.27. The molecular formula is C16H27N3. The molecule has 0 N–H and O–H groups in total. The van der Waals surface area contributed by atoms with Gasteiger partial charge in [0.2, 0.25) is 0 Å². The molecule has 3 heterocycles. The second-order valence-corrected chi connectivity index (χ2v) is 5.68. The van der Waals surface area contributed by atoms with Crippen LogP contribution in [0.1, 0.15) is 33.1 Å². The van der Waals surface area contributed by atoms with Gasteiger partial charge in [-0.2, -0.15) is 0 Å². The van der Waals surface area contributed by atoms with Crippen LogP contribution in [-0.2, 0) is 0 Å². The van der Waals surface area contributed by atoms with Crippen LogP contribution < -0.4 is 4.90 Å². The van der Waals surface area contributed by atoms with Gasteiger partial charge in [-0.05, 0) is 50.4 Å². The van der Waals surface area contributed by atoms with E-state index in [-0.39, 0.29) is 0 Å². The van der Waals surface area contributed by atoms with Gasteiger partial charge < -0.3 is 9.80 Å². The molecule has 106 valence electrons. The van der Waals surface area contributed by atoms with Crippen LogP contribution in [0.5, 0.6) is 0 Å². The van der Waals surface area contributed by atoms with Gasteiger partial charge in [0, 0.05) is 37.7 Å². The molecule has 3 rings (SSSR count). The molecule has 3 heteroatoms. The van der Waals surface area contributed by atoms with Crippen LogP contribution in [0.4, 0.5) is 5.69 Å². The Balaban J connectivity index is 0.000000637. The average Bonchev–Trinajstić information content (AvgIpc) is 2.84. The molecule has 0 amide bonds. The summed E-state index contributed by atoms with van der Waals surface area (Å²) in [6.07, 6.45) is 7.87. The van der Waals surface area contributed by atoms with Gasteiger partial charge in [-0.3, -0.25) is 4.98 Å². The quantitative estimate of drug-likeness (QED) is 0.774. The molecule has 0 radical (unpaired) electrons. The van der Waals surface area contributed by atoms with E-state index < -0.39 is 0 Å². The van der Waals surface area contributed by atoms with Crippen molar-refractivity contribution in [3.63, 3.8) is 0 Å². The molecule has 1 aromatic rings. The lowest BCUT2D eigenvalue weighted by atomic mass is 9.77. The molecule has 2 aliphatic rings. The molecule has 1 aromatic heterocycles. The maximum Gasteiger partial charge on any atom is 0.0397 e. The lowest BCUT2D eigenvalue weighted by Gasteiger charge is -2.40. The first-order chi connectivity index (χ1) is 9.27. The van der Waals surface area contributed by atoms with Crippen LogP contribution in [0.3, 0.4) is 0 Å². The highest BCUT2D eigenvalue weighted by atomic mass is 15.2. The predicted octanol–water partition coefficient (Wildman–Crippen LogP) is 3.03.